The normalized spacial score (nSPS) is 12.2. The molecule has 21 heavy (non-hydrogen) atoms. The zero-order valence-corrected chi connectivity index (χ0v) is 11.6. The maximum atomic E-state index is 12.9. The van der Waals surface area contributed by atoms with Crippen molar-refractivity contribution in [2.75, 3.05) is 6.54 Å². The molecule has 0 saturated carbocycles. The average molecular weight is 276 g/mol. The van der Waals surface area contributed by atoms with Crippen LogP contribution in [0.5, 0.6) is 0 Å². The van der Waals surface area contributed by atoms with Gasteiger partial charge < -0.3 is 5.73 Å². The molecule has 1 aromatic heterocycles. The number of aromatic nitrogens is 1. The topological polar surface area (TPSA) is 56.0 Å². The van der Waals surface area contributed by atoms with Crippen LogP contribution in [0.3, 0.4) is 0 Å². The summed E-state index contributed by atoms with van der Waals surface area (Å²) in [4.78, 5) is 17.2. The predicted molar refractivity (Wildman–Crippen MR) is 84.3 cm³/mol. The number of nitrogens with two attached hydrogens (primary N) is 1. The molecule has 0 spiro atoms. The summed E-state index contributed by atoms with van der Waals surface area (Å²) in [5.74, 6) is -0.278. The molecule has 3 heteroatoms. The highest BCUT2D eigenvalue weighted by molar-refractivity contribution is 6.10. The number of ketones is 1. The van der Waals surface area contributed by atoms with Gasteiger partial charge in [-0.3, -0.25) is 9.78 Å². The van der Waals surface area contributed by atoms with Gasteiger partial charge in [-0.15, -0.1) is 0 Å². The minimum absolute atomic E-state index is 0.0438. The van der Waals surface area contributed by atoms with Crippen LogP contribution in [0.4, 0.5) is 0 Å². The van der Waals surface area contributed by atoms with E-state index in [0.717, 1.165) is 16.5 Å². The Labute approximate surface area is 123 Å². The van der Waals surface area contributed by atoms with E-state index in [0.29, 0.717) is 12.1 Å². The second kappa shape index (κ2) is 5.85. The number of benzene rings is 2. The predicted octanol–water partition coefficient (Wildman–Crippen LogP) is 3.16. The number of hydrogen-bond acceptors (Lipinski definition) is 3. The lowest BCUT2D eigenvalue weighted by molar-refractivity contribution is 0.0964. The van der Waals surface area contributed by atoms with E-state index in [2.05, 4.69) is 4.98 Å². The van der Waals surface area contributed by atoms with Crippen LogP contribution in [0.15, 0.2) is 66.9 Å². The third-order valence-electron chi connectivity index (χ3n) is 3.67. The Morgan fingerprint density at radius 1 is 1.00 bits per heavy atom. The molecule has 0 aliphatic heterocycles. The van der Waals surface area contributed by atoms with Gasteiger partial charge in [0.25, 0.3) is 0 Å². The second-order valence-corrected chi connectivity index (χ2v) is 4.94. The van der Waals surface area contributed by atoms with Crippen LogP contribution < -0.4 is 5.73 Å². The van der Waals surface area contributed by atoms with Crippen molar-refractivity contribution in [1.29, 1.82) is 0 Å². The molecular weight excluding hydrogens is 260 g/mol. The van der Waals surface area contributed by atoms with Gasteiger partial charge in [-0.1, -0.05) is 48.5 Å². The van der Waals surface area contributed by atoms with Gasteiger partial charge in [0.15, 0.2) is 5.78 Å². The fourth-order valence-electron chi connectivity index (χ4n) is 2.59. The van der Waals surface area contributed by atoms with Crippen LogP contribution in [0, 0.1) is 0 Å². The number of pyridine rings is 1. The number of hydrogen-bond donors (Lipinski definition) is 1. The molecule has 0 bridgehead atoms. The zero-order chi connectivity index (χ0) is 14.7. The Morgan fingerprint density at radius 3 is 2.57 bits per heavy atom. The van der Waals surface area contributed by atoms with E-state index in [1.807, 2.05) is 60.7 Å². The summed E-state index contributed by atoms with van der Waals surface area (Å²) in [5, 5.41) is 0.874. The molecule has 2 N–H and O–H groups in total. The standard InChI is InChI=1S/C18H16N2O/c19-12-16(13-6-2-1-3-7-13)18(21)15-8-4-10-17-14(15)9-5-11-20-17/h1-11,16H,12,19H2. The zero-order valence-electron chi connectivity index (χ0n) is 11.6. The van der Waals surface area contributed by atoms with Crippen LogP contribution in [0.1, 0.15) is 21.8 Å². The average Bonchev–Trinajstić information content (AvgIpc) is 2.56. The summed E-state index contributed by atoms with van der Waals surface area (Å²) in [6, 6.07) is 19.1. The number of rotatable bonds is 4. The second-order valence-electron chi connectivity index (χ2n) is 4.94. The minimum atomic E-state index is -0.322. The third kappa shape index (κ3) is 2.56. The van der Waals surface area contributed by atoms with Gasteiger partial charge in [-0.2, -0.15) is 0 Å². The van der Waals surface area contributed by atoms with Crippen molar-refractivity contribution in [2.24, 2.45) is 5.73 Å². The summed E-state index contributed by atoms with van der Waals surface area (Å²) in [6.07, 6.45) is 1.73. The first kappa shape index (κ1) is 13.5. The molecule has 0 aliphatic rings. The lowest BCUT2D eigenvalue weighted by Gasteiger charge is -2.15. The first-order valence-electron chi connectivity index (χ1n) is 6.94. The van der Waals surface area contributed by atoms with E-state index >= 15 is 0 Å². The quantitative estimate of drug-likeness (QED) is 0.745. The molecule has 3 aromatic rings. The number of Topliss-reactive ketones (excluding diaryl/α,β-unsaturated/α-hetero) is 1. The van der Waals surface area contributed by atoms with Crippen LogP contribution in [-0.4, -0.2) is 17.3 Å². The van der Waals surface area contributed by atoms with Crippen LogP contribution in [0.25, 0.3) is 10.9 Å². The van der Waals surface area contributed by atoms with Crippen molar-refractivity contribution in [1.82, 2.24) is 4.98 Å². The van der Waals surface area contributed by atoms with Crippen molar-refractivity contribution in [3.8, 4) is 0 Å². The first-order valence-corrected chi connectivity index (χ1v) is 6.94. The largest absolute Gasteiger partial charge is 0.329 e. The van der Waals surface area contributed by atoms with E-state index in [9.17, 15) is 4.79 Å². The molecule has 0 saturated heterocycles. The fourth-order valence-corrected chi connectivity index (χ4v) is 2.59. The van der Waals surface area contributed by atoms with Crippen molar-refractivity contribution >= 4 is 16.7 Å². The molecular formula is C18H16N2O. The van der Waals surface area contributed by atoms with Gasteiger partial charge in [0.1, 0.15) is 0 Å². The third-order valence-corrected chi connectivity index (χ3v) is 3.67. The molecule has 0 aliphatic carbocycles. The van der Waals surface area contributed by atoms with Crippen LogP contribution >= 0.6 is 0 Å². The molecule has 1 heterocycles. The molecule has 0 fully saturated rings. The summed E-state index contributed by atoms with van der Waals surface area (Å²) in [5.41, 5.74) is 8.31. The van der Waals surface area contributed by atoms with E-state index in [4.69, 9.17) is 5.73 Å². The molecule has 0 amide bonds. The number of nitrogens with zero attached hydrogens (tertiary/aromatic N) is 1. The number of fused-ring (bicyclic) bond motifs is 1. The molecule has 3 nitrogen and oxygen atoms in total. The maximum Gasteiger partial charge on any atom is 0.172 e. The Morgan fingerprint density at radius 2 is 1.81 bits per heavy atom. The van der Waals surface area contributed by atoms with Crippen molar-refractivity contribution < 1.29 is 4.79 Å². The number of carbonyl (C=O) groups excluding carboxylic acids is 1. The van der Waals surface area contributed by atoms with Crippen molar-refractivity contribution in [3.63, 3.8) is 0 Å². The van der Waals surface area contributed by atoms with Gasteiger partial charge in [0.05, 0.1) is 11.4 Å². The molecule has 104 valence electrons. The molecule has 3 rings (SSSR count). The van der Waals surface area contributed by atoms with E-state index in [1.165, 1.54) is 0 Å². The smallest absolute Gasteiger partial charge is 0.172 e. The van der Waals surface area contributed by atoms with E-state index < -0.39 is 0 Å². The number of carbonyl (C=O) groups is 1. The molecule has 1 atom stereocenters. The van der Waals surface area contributed by atoms with Crippen LogP contribution in [-0.2, 0) is 0 Å². The Kier molecular flexibility index (Phi) is 3.75. The van der Waals surface area contributed by atoms with E-state index in [1.54, 1.807) is 6.20 Å². The summed E-state index contributed by atoms with van der Waals surface area (Å²) in [6.45, 7) is 0.291. The van der Waals surface area contributed by atoms with Crippen molar-refractivity contribution in [2.45, 2.75) is 5.92 Å². The van der Waals surface area contributed by atoms with Gasteiger partial charge in [-0.25, -0.2) is 0 Å². The van der Waals surface area contributed by atoms with Crippen LogP contribution in [0.2, 0.25) is 0 Å². The Hall–Kier alpha value is -2.52. The minimum Gasteiger partial charge on any atom is -0.329 e. The Bertz CT molecular complexity index is 763. The summed E-state index contributed by atoms with van der Waals surface area (Å²) in [7, 11) is 0. The van der Waals surface area contributed by atoms with Crippen molar-refractivity contribution in [3.05, 3.63) is 78.0 Å². The molecule has 1 unspecified atom stereocenters. The Balaban J connectivity index is 2.07. The first-order chi connectivity index (χ1) is 10.3. The monoisotopic (exact) mass is 276 g/mol. The maximum absolute atomic E-state index is 12.9. The SMILES string of the molecule is NCC(C(=O)c1cccc2ncccc12)c1ccccc1. The summed E-state index contributed by atoms with van der Waals surface area (Å²) < 4.78 is 0. The highest BCUT2D eigenvalue weighted by Gasteiger charge is 2.22. The fraction of sp³-hybridized carbons (Fsp3) is 0.111. The lowest BCUT2D eigenvalue weighted by atomic mass is 9.89. The highest BCUT2D eigenvalue weighted by atomic mass is 16.1. The molecule has 2 aromatic carbocycles. The molecule has 0 radical (unpaired) electrons. The highest BCUT2D eigenvalue weighted by Crippen LogP contribution is 2.24. The van der Waals surface area contributed by atoms with Gasteiger partial charge in [0, 0.05) is 23.7 Å². The summed E-state index contributed by atoms with van der Waals surface area (Å²) >= 11 is 0. The van der Waals surface area contributed by atoms with Gasteiger partial charge in [-0.05, 0) is 17.7 Å². The van der Waals surface area contributed by atoms with Gasteiger partial charge >= 0.3 is 0 Å². The van der Waals surface area contributed by atoms with E-state index in [-0.39, 0.29) is 11.7 Å². The lowest BCUT2D eigenvalue weighted by Crippen LogP contribution is -2.22. The van der Waals surface area contributed by atoms with Gasteiger partial charge in [0.2, 0.25) is 0 Å².